The molecule has 1 aromatic heterocycles. The topological polar surface area (TPSA) is 75.6 Å². The highest BCUT2D eigenvalue weighted by Crippen LogP contribution is 2.46. The number of aliphatic hydroxyl groups is 1. The van der Waals surface area contributed by atoms with Crippen LogP contribution >= 0.6 is 11.3 Å². The SMILES string of the molecule is COc1ccc(F)cc1S(=O)(=O)NCC(O)(c1cccs1)C1CC1. The van der Waals surface area contributed by atoms with E-state index < -0.39 is 21.4 Å². The Bertz CT molecular complexity index is 819. The summed E-state index contributed by atoms with van der Waals surface area (Å²) in [6.45, 7) is -0.166. The Morgan fingerprint density at radius 1 is 1.42 bits per heavy atom. The summed E-state index contributed by atoms with van der Waals surface area (Å²) in [5.41, 5.74) is -1.25. The van der Waals surface area contributed by atoms with E-state index in [0.717, 1.165) is 29.9 Å². The first-order valence-electron chi connectivity index (χ1n) is 7.46. The molecule has 3 rings (SSSR count). The van der Waals surface area contributed by atoms with Crippen LogP contribution in [-0.2, 0) is 15.6 Å². The van der Waals surface area contributed by atoms with Crippen LogP contribution in [-0.4, -0.2) is 27.2 Å². The molecule has 0 amide bonds. The standard InChI is InChI=1S/C16H18FNO4S2/c1-22-13-7-6-12(17)9-14(13)24(20,21)18-10-16(19,11-4-5-11)15-3-2-8-23-15/h2-3,6-9,11,18-19H,4-5,10H2,1H3. The number of hydrogen-bond acceptors (Lipinski definition) is 5. The zero-order valence-corrected chi connectivity index (χ0v) is 14.7. The van der Waals surface area contributed by atoms with Gasteiger partial charge in [0.2, 0.25) is 10.0 Å². The van der Waals surface area contributed by atoms with Crippen LogP contribution in [0, 0.1) is 11.7 Å². The minimum atomic E-state index is -4.03. The van der Waals surface area contributed by atoms with Gasteiger partial charge < -0.3 is 9.84 Å². The summed E-state index contributed by atoms with van der Waals surface area (Å²) >= 11 is 1.39. The number of rotatable bonds is 7. The molecule has 1 aromatic carbocycles. The molecule has 0 saturated heterocycles. The Morgan fingerprint density at radius 2 is 2.17 bits per heavy atom. The second kappa shape index (κ2) is 6.44. The van der Waals surface area contributed by atoms with Crippen LogP contribution in [0.2, 0.25) is 0 Å². The number of hydrogen-bond donors (Lipinski definition) is 2. The van der Waals surface area contributed by atoms with E-state index in [0.29, 0.717) is 0 Å². The number of halogens is 1. The van der Waals surface area contributed by atoms with Crippen molar-refractivity contribution >= 4 is 21.4 Å². The second-order valence-corrected chi connectivity index (χ2v) is 8.48. The van der Waals surface area contributed by atoms with Crippen molar-refractivity contribution in [2.24, 2.45) is 5.92 Å². The van der Waals surface area contributed by atoms with Crippen LogP contribution in [0.15, 0.2) is 40.6 Å². The van der Waals surface area contributed by atoms with Crippen molar-refractivity contribution in [2.75, 3.05) is 13.7 Å². The lowest BCUT2D eigenvalue weighted by Crippen LogP contribution is -2.42. The Kier molecular flexibility index (Phi) is 4.65. The molecule has 1 atom stereocenters. The minimum absolute atomic E-state index is 0.0215. The van der Waals surface area contributed by atoms with Gasteiger partial charge in [-0.15, -0.1) is 11.3 Å². The first kappa shape index (κ1) is 17.3. The number of thiophene rings is 1. The highest BCUT2D eigenvalue weighted by Gasteiger charge is 2.46. The molecule has 24 heavy (non-hydrogen) atoms. The Labute approximate surface area is 144 Å². The third kappa shape index (κ3) is 3.32. The molecule has 0 radical (unpaired) electrons. The maximum absolute atomic E-state index is 13.5. The average Bonchev–Trinajstić information content (AvgIpc) is 3.28. The molecular weight excluding hydrogens is 353 g/mol. The smallest absolute Gasteiger partial charge is 0.244 e. The normalized spacial score (nSPS) is 17.5. The highest BCUT2D eigenvalue weighted by atomic mass is 32.2. The van der Waals surface area contributed by atoms with Crippen LogP contribution in [0.3, 0.4) is 0 Å². The van der Waals surface area contributed by atoms with Gasteiger partial charge in [0.1, 0.15) is 22.1 Å². The van der Waals surface area contributed by atoms with Gasteiger partial charge >= 0.3 is 0 Å². The molecule has 130 valence electrons. The predicted octanol–water partition coefficient (Wildman–Crippen LogP) is 2.47. The maximum Gasteiger partial charge on any atom is 0.244 e. The van der Waals surface area contributed by atoms with Gasteiger partial charge in [0, 0.05) is 11.4 Å². The van der Waals surface area contributed by atoms with E-state index in [2.05, 4.69) is 4.72 Å². The second-order valence-electron chi connectivity index (χ2n) is 5.80. The quantitative estimate of drug-likeness (QED) is 0.784. The van der Waals surface area contributed by atoms with E-state index in [9.17, 15) is 17.9 Å². The van der Waals surface area contributed by atoms with Crippen LogP contribution in [0.25, 0.3) is 0 Å². The van der Waals surface area contributed by atoms with Crippen LogP contribution in [0.1, 0.15) is 17.7 Å². The highest BCUT2D eigenvalue weighted by molar-refractivity contribution is 7.89. The summed E-state index contributed by atoms with van der Waals surface area (Å²) in [6, 6.07) is 6.90. The number of benzene rings is 1. The molecule has 1 unspecified atom stereocenters. The van der Waals surface area contributed by atoms with Crippen molar-refractivity contribution in [3.63, 3.8) is 0 Å². The Balaban J connectivity index is 1.86. The average molecular weight is 371 g/mol. The molecule has 1 aliphatic carbocycles. The van der Waals surface area contributed by atoms with Gasteiger partial charge in [-0.3, -0.25) is 0 Å². The van der Waals surface area contributed by atoms with Gasteiger partial charge in [-0.05, 0) is 48.4 Å². The summed E-state index contributed by atoms with van der Waals surface area (Å²) in [7, 11) is -2.71. The van der Waals surface area contributed by atoms with Crippen molar-refractivity contribution < 1.29 is 22.7 Å². The number of methoxy groups -OCH3 is 1. The molecular formula is C16H18FNO4S2. The van der Waals surface area contributed by atoms with Crippen molar-refractivity contribution in [2.45, 2.75) is 23.3 Å². The van der Waals surface area contributed by atoms with E-state index in [4.69, 9.17) is 4.74 Å². The number of sulfonamides is 1. The van der Waals surface area contributed by atoms with E-state index in [1.54, 1.807) is 6.07 Å². The first-order valence-corrected chi connectivity index (χ1v) is 9.82. The van der Waals surface area contributed by atoms with Crippen LogP contribution in [0.4, 0.5) is 4.39 Å². The molecule has 1 fully saturated rings. The number of nitrogens with one attached hydrogen (secondary N) is 1. The summed E-state index contributed by atoms with van der Waals surface area (Å²) in [4.78, 5) is 0.438. The molecule has 5 nitrogen and oxygen atoms in total. The lowest BCUT2D eigenvalue weighted by atomic mass is 9.96. The monoisotopic (exact) mass is 371 g/mol. The molecule has 1 saturated carbocycles. The zero-order valence-electron chi connectivity index (χ0n) is 13.0. The molecule has 1 aliphatic rings. The summed E-state index contributed by atoms with van der Waals surface area (Å²) < 4.78 is 46.0. The largest absolute Gasteiger partial charge is 0.495 e. The van der Waals surface area contributed by atoms with E-state index in [1.165, 1.54) is 24.5 Å². The zero-order chi connectivity index (χ0) is 17.4. The van der Waals surface area contributed by atoms with Gasteiger partial charge in [0.25, 0.3) is 0 Å². The fourth-order valence-corrected chi connectivity index (χ4v) is 4.82. The molecule has 2 N–H and O–H groups in total. The Morgan fingerprint density at radius 3 is 2.75 bits per heavy atom. The van der Waals surface area contributed by atoms with Gasteiger partial charge in [-0.1, -0.05) is 6.07 Å². The summed E-state index contributed by atoms with van der Waals surface area (Å²) in [5, 5.41) is 12.8. The van der Waals surface area contributed by atoms with Crippen LogP contribution in [0.5, 0.6) is 5.75 Å². The molecule has 0 bridgehead atoms. The molecule has 0 spiro atoms. The fraction of sp³-hybridized carbons (Fsp3) is 0.375. The maximum atomic E-state index is 13.5. The van der Waals surface area contributed by atoms with Crippen LogP contribution < -0.4 is 9.46 Å². The van der Waals surface area contributed by atoms with Gasteiger partial charge in [0.15, 0.2) is 0 Å². The van der Waals surface area contributed by atoms with Gasteiger partial charge in [0.05, 0.1) is 7.11 Å². The molecule has 1 heterocycles. The van der Waals surface area contributed by atoms with E-state index in [1.807, 2.05) is 11.4 Å². The van der Waals surface area contributed by atoms with E-state index >= 15 is 0 Å². The Hall–Kier alpha value is -1.48. The molecule has 8 heteroatoms. The predicted molar refractivity (Wildman–Crippen MR) is 89.1 cm³/mol. The fourth-order valence-electron chi connectivity index (χ4n) is 2.66. The third-order valence-corrected chi connectivity index (χ3v) is 6.61. The van der Waals surface area contributed by atoms with E-state index in [-0.39, 0.29) is 23.1 Å². The van der Waals surface area contributed by atoms with Crippen molar-refractivity contribution in [1.82, 2.24) is 4.72 Å². The first-order chi connectivity index (χ1) is 11.4. The minimum Gasteiger partial charge on any atom is -0.495 e. The summed E-state index contributed by atoms with van der Waals surface area (Å²) in [5.74, 6) is -0.602. The summed E-state index contributed by atoms with van der Waals surface area (Å²) in [6.07, 6.45) is 1.69. The van der Waals surface area contributed by atoms with Crippen molar-refractivity contribution in [3.05, 3.63) is 46.4 Å². The third-order valence-electron chi connectivity index (χ3n) is 4.15. The van der Waals surface area contributed by atoms with Crippen molar-refractivity contribution in [3.8, 4) is 5.75 Å². The van der Waals surface area contributed by atoms with Gasteiger partial charge in [-0.25, -0.2) is 17.5 Å². The van der Waals surface area contributed by atoms with Gasteiger partial charge in [-0.2, -0.15) is 0 Å². The number of ether oxygens (including phenoxy) is 1. The lowest BCUT2D eigenvalue weighted by Gasteiger charge is -2.27. The lowest BCUT2D eigenvalue weighted by molar-refractivity contribution is 0.0222. The molecule has 0 aliphatic heterocycles. The molecule has 2 aromatic rings. The van der Waals surface area contributed by atoms with Crippen molar-refractivity contribution in [1.29, 1.82) is 0 Å².